The molecule has 0 aromatic heterocycles. The van der Waals surface area contributed by atoms with Crippen molar-refractivity contribution in [2.45, 2.75) is 26.4 Å². The number of carbonyl (C=O) groups excluding carboxylic acids is 3. The lowest BCUT2D eigenvalue weighted by Crippen LogP contribution is -2.35. The van der Waals surface area contributed by atoms with E-state index in [-0.39, 0.29) is 18.6 Å². The normalized spacial score (nSPS) is 14.5. The van der Waals surface area contributed by atoms with Crippen molar-refractivity contribution in [3.63, 3.8) is 0 Å². The van der Waals surface area contributed by atoms with E-state index in [9.17, 15) is 14.4 Å². The second-order valence-electron chi connectivity index (χ2n) is 4.50. The van der Waals surface area contributed by atoms with Crippen molar-refractivity contribution in [2.24, 2.45) is 0 Å². The number of esters is 2. The number of rotatable bonds is 6. The van der Waals surface area contributed by atoms with E-state index in [1.165, 1.54) is 6.08 Å². The third kappa shape index (κ3) is 6.95. The molecule has 21 heavy (non-hydrogen) atoms. The molecule has 2 N–H and O–H groups in total. The van der Waals surface area contributed by atoms with Crippen molar-refractivity contribution in [3.05, 3.63) is 36.3 Å². The highest BCUT2D eigenvalue weighted by atomic mass is 16.5. The smallest absolute Gasteiger partial charge is 0.331 e. The maximum absolute atomic E-state index is 11.4. The van der Waals surface area contributed by atoms with E-state index in [2.05, 4.69) is 17.2 Å². The quantitative estimate of drug-likeness (QED) is 0.547. The Kier molecular flexibility index (Phi) is 6.19. The summed E-state index contributed by atoms with van der Waals surface area (Å²) in [6, 6.07) is 0. The summed E-state index contributed by atoms with van der Waals surface area (Å²) in [7, 11) is 0. The van der Waals surface area contributed by atoms with Crippen molar-refractivity contribution in [3.8, 4) is 0 Å². The zero-order chi connectivity index (χ0) is 15.8. The van der Waals surface area contributed by atoms with Gasteiger partial charge in [0.2, 0.25) is 0 Å². The van der Waals surface area contributed by atoms with E-state index in [1.54, 1.807) is 13.8 Å². The Labute approximate surface area is 122 Å². The second-order valence-corrected chi connectivity index (χ2v) is 4.50. The zero-order valence-corrected chi connectivity index (χ0v) is 12.0. The van der Waals surface area contributed by atoms with Gasteiger partial charge in [-0.05, 0) is 13.8 Å². The van der Waals surface area contributed by atoms with Crippen LogP contribution in [0.15, 0.2) is 36.3 Å². The average molecular weight is 294 g/mol. The summed E-state index contributed by atoms with van der Waals surface area (Å²) in [5.74, 6) is -1.17. The molecule has 0 saturated heterocycles. The van der Waals surface area contributed by atoms with Gasteiger partial charge in [-0.1, -0.05) is 6.58 Å². The highest BCUT2D eigenvalue weighted by molar-refractivity contribution is 5.92. The van der Waals surface area contributed by atoms with Gasteiger partial charge in [-0.2, -0.15) is 0 Å². The van der Waals surface area contributed by atoms with Gasteiger partial charge in [0.25, 0.3) is 5.91 Å². The van der Waals surface area contributed by atoms with Gasteiger partial charge < -0.3 is 20.1 Å². The molecule has 114 valence electrons. The third-order valence-corrected chi connectivity index (χ3v) is 2.21. The van der Waals surface area contributed by atoms with Crippen LogP contribution in [0.3, 0.4) is 0 Å². The predicted molar refractivity (Wildman–Crippen MR) is 74.4 cm³/mol. The van der Waals surface area contributed by atoms with Crippen LogP contribution >= 0.6 is 0 Å². The SMILES string of the molecule is C=C1NC(=O)C=C(CCOC(=O)/C=C/C(=O)OC(C)C)N1. The van der Waals surface area contributed by atoms with E-state index in [4.69, 9.17) is 9.47 Å². The molecule has 0 radical (unpaired) electrons. The van der Waals surface area contributed by atoms with Crippen LogP contribution in [0.2, 0.25) is 0 Å². The van der Waals surface area contributed by atoms with Gasteiger partial charge in [-0.15, -0.1) is 0 Å². The molecule has 1 heterocycles. The first-order valence-corrected chi connectivity index (χ1v) is 6.39. The van der Waals surface area contributed by atoms with E-state index < -0.39 is 11.9 Å². The summed E-state index contributed by atoms with van der Waals surface area (Å²) in [4.78, 5) is 33.7. The van der Waals surface area contributed by atoms with Crippen LogP contribution in [0.4, 0.5) is 0 Å². The first-order chi connectivity index (χ1) is 9.86. The number of carbonyl (C=O) groups is 3. The first-order valence-electron chi connectivity index (χ1n) is 6.39. The summed E-state index contributed by atoms with van der Waals surface area (Å²) in [5.41, 5.74) is 0.597. The molecule has 0 saturated carbocycles. The van der Waals surface area contributed by atoms with Gasteiger partial charge in [0.1, 0.15) is 5.82 Å². The minimum atomic E-state index is -0.657. The van der Waals surface area contributed by atoms with Crippen molar-refractivity contribution in [1.29, 1.82) is 0 Å². The zero-order valence-electron chi connectivity index (χ0n) is 12.0. The molecule has 1 amide bonds. The fourth-order valence-corrected chi connectivity index (χ4v) is 1.46. The van der Waals surface area contributed by atoms with Crippen LogP contribution < -0.4 is 10.6 Å². The van der Waals surface area contributed by atoms with E-state index in [0.29, 0.717) is 17.9 Å². The van der Waals surface area contributed by atoms with Crippen LogP contribution in [0.5, 0.6) is 0 Å². The fraction of sp³-hybridized carbons (Fsp3) is 0.357. The number of hydrogen-bond donors (Lipinski definition) is 2. The molecular weight excluding hydrogens is 276 g/mol. The Morgan fingerprint density at radius 1 is 1.29 bits per heavy atom. The number of amides is 1. The molecule has 7 nitrogen and oxygen atoms in total. The van der Waals surface area contributed by atoms with Gasteiger partial charge in [0.05, 0.1) is 12.7 Å². The van der Waals surface area contributed by atoms with Crippen molar-refractivity contribution < 1.29 is 23.9 Å². The molecular formula is C14H18N2O5. The van der Waals surface area contributed by atoms with Gasteiger partial charge in [-0.3, -0.25) is 4.79 Å². The maximum atomic E-state index is 11.4. The standard InChI is InChI=1S/C14H18N2O5/c1-9(2)21-14(19)5-4-13(18)20-7-6-11-8-12(17)16-10(3)15-11/h4-5,8-9,15H,3,6-7H2,1-2H3,(H,16,17)/b5-4+. The molecule has 0 atom stereocenters. The van der Waals surface area contributed by atoms with Crippen molar-refractivity contribution in [1.82, 2.24) is 10.6 Å². The van der Waals surface area contributed by atoms with Gasteiger partial charge in [0, 0.05) is 30.3 Å². The van der Waals surface area contributed by atoms with E-state index in [1.807, 2.05) is 0 Å². The topological polar surface area (TPSA) is 93.7 Å². The number of hydrogen-bond acceptors (Lipinski definition) is 6. The average Bonchev–Trinajstić information content (AvgIpc) is 2.34. The van der Waals surface area contributed by atoms with Crippen LogP contribution in [-0.4, -0.2) is 30.6 Å². The molecule has 0 aliphatic carbocycles. The number of nitrogens with one attached hydrogen (secondary N) is 2. The minimum absolute atomic E-state index is 0.0712. The molecule has 7 heteroatoms. The van der Waals surface area contributed by atoms with Crippen LogP contribution in [0.1, 0.15) is 20.3 Å². The molecule has 0 spiro atoms. The first kappa shape index (κ1) is 16.5. The highest BCUT2D eigenvalue weighted by Gasteiger charge is 2.11. The molecule has 0 unspecified atom stereocenters. The predicted octanol–water partition coefficient (Wildman–Crippen LogP) is 0.502. The van der Waals surface area contributed by atoms with Crippen LogP contribution in [-0.2, 0) is 23.9 Å². The molecule has 0 aromatic carbocycles. The van der Waals surface area contributed by atoms with Crippen LogP contribution in [0.25, 0.3) is 0 Å². The lowest BCUT2D eigenvalue weighted by atomic mass is 10.2. The number of ether oxygens (including phenoxy) is 2. The molecule has 0 aromatic rings. The Morgan fingerprint density at radius 3 is 2.57 bits per heavy atom. The Balaban J connectivity index is 2.31. The van der Waals surface area contributed by atoms with Gasteiger partial charge >= 0.3 is 11.9 Å². The Morgan fingerprint density at radius 2 is 1.95 bits per heavy atom. The van der Waals surface area contributed by atoms with Crippen molar-refractivity contribution >= 4 is 17.8 Å². The summed E-state index contributed by atoms with van der Waals surface area (Å²) in [6.45, 7) is 7.06. The monoisotopic (exact) mass is 294 g/mol. The lowest BCUT2D eigenvalue weighted by molar-refractivity contribution is -0.142. The molecule has 0 fully saturated rings. The maximum Gasteiger partial charge on any atom is 0.331 e. The Bertz CT molecular complexity index is 505. The molecule has 1 aliphatic rings. The molecule has 0 bridgehead atoms. The summed E-state index contributed by atoms with van der Waals surface area (Å²) in [5, 5.41) is 5.31. The summed E-state index contributed by atoms with van der Waals surface area (Å²) >= 11 is 0. The fourth-order valence-electron chi connectivity index (χ4n) is 1.46. The summed E-state index contributed by atoms with van der Waals surface area (Å²) < 4.78 is 9.71. The largest absolute Gasteiger partial charge is 0.462 e. The van der Waals surface area contributed by atoms with E-state index in [0.717, 1.165) is 12.2 Å². The van der Waals surface area contributed by atoms with Gasteiger partial charge in [-0.25, -0.2) is 9.59 Å². The van der Waals surface area contributed by atoms with Crippen molar-refractivity contribution in [2.75, 3.05) is 6.61 Å². The molecule has 1 aliphatic heterocycles. The highest BCUT2D eigenvalue weighted by Crippen LogP contribution is 2.04. The lowest BCUT2D eigenvalue weighted by Gasteiger charge is -2.18. The van der Waals surface area contributed by atoms with Gasteiger partial charge in [0.15, 0.2) is 0 Å². The minimum Gasteiger partial charge on any atom is -0.462 e. The molecule has 1 rings (SSSR count). The van der Waals surface area contributed by atoms with Crippen LogP contribution in [0, 0.1) is 0 Å². The second kappa shape index (κ2) is 7.88. The summed E-state index contributed by atoms with van der Waals surface area (Å²) in [6.07, 6.45) is 3.46. The van der Waals surface area contributed by atoms with E-state index >= 15 is 0 Å². The Hall–Kier alpha value is -2.57. The third-order valence-electron chi connectivity index (χ3n) is 2.21.